The number of pyridine rings is 1. The Kier molecular flexibility index (Phi) is 4.87. The van der Waals surface area contributed by atoms with Gasteiger partial charge in [-0.25, -0.2) is 4.98 Å². The molecule has 0 unspecified atom stereocenters. The Balaban J connectivity index is 1.69. The number of phenols is 1. The summed E-state index contributed by atoms with van der Waals surface area (Å²) in [5, 5.41) is 21.3. The van der Waals surface area contributed by atoms with Crippen molar-refractivity contribution in [3.63, 3.8) is 0 Å². The minimum Gasteiger partial charge on any atom is -0.505 e. The van der Waals surface area contributed by atoms with Crippen molar-refractivity contribution in [2.75, 3.05) is 0 Å². The van der Waals surface area contributed by atoms with E-state index in [1.807, 2.05) is 24.3 Å². The molecule has 6 rings (SSSR count). The van der Waals surface area contributed by atoms with Gasteiger partial charge in [-0.1, -0.05) is 23.7 Å². The molecule has 1 N–H and O–H groups in total. The van der Waals surface area contributed by atoms with Crippen molar-refractivity contribution in [1.82, 2.24) is 14.5 Å². The predicted octanol–water partition coefficient (Wildman–Crippen LogP) is 5.83. The molecule has 166 valence electrons. The van der Waals surface area contributed by atoms with Gasteiger partial charge in [0.05, 0.1) is 33.3 Å². The van der Waals surface area contributed by atoms with Crippen LogP contribution in [0.25, 0.3) is 31.7 Å². The molecule has 0 amide bonds. The van der Waals surface area contributed by atoms with Crippen molar-refractivity contribution in [2.45, 2.75) is 25.3 Å². The first-order chi connectivity index (χ1) is 16.5. The number of halogens is 1. The summed E-state index contributed by atoms with van der Waals surface area (Å²) in [5.74, 6) is 0.858. The average Bonchev–Trinajstić information content (AvgIpc) is 3.64. The maximum atomic E-state index is 14.0. The van der Waals surface area contributed by atoms with Gasteiger partial charge in [-0.05, 0) is 60.2 Å². The second kappa shape index (κ2) is 7.94. The molecule has 0 atom stereocenters. The van der Waals surface area contributed by atoms with Crippen molar-refractivity contribution in [3.8, 4) is 23.2 Å². The number of aromatic nitrogens is 3. The van der Waals surface area contributed by atoms with E-state index in [1.54, 1.807) is 35.2 Å². The van der Waals surface area contributed by atoms with Gasteiger partial charge in [0.2, 0.25) is 0 Å². The van der Waals surface area contributed by atoms with E-state index in [9.17, 15) is 15.2 Å². The minimum atomic E-state index is -0.192. The van der Waals surface area contributed by atoms with Crippen LogP contribution in [0.4, 0.5) is 0 Å². The Morgan fingerprint density at radius 2 is 2.09 bits per heavy atom. The molecular formula is C26H17ClN4O2S. The van der Waals surface area contributed by atoms with Crippen LogP contribution in [0, 0.1) is 11.3 Å². The smallest absolute Gasteiger partial charge is 0.263 e. The van der Waals surface area contributed by atoms with Crippen LogP contribution in [0.2, 0.25) is 5.02 Å². The fraction of sp³-hybridized carbons (Fsp3) is 0.154. The zero-order valence-corrected chi connectivity index (χ0v) is 19.4. The molecule has 6 nitrogen and oxygen atoms in total. The van der Waals surface area contributed by atoms with E-state index in [1.165, 1.54) is 11.3 Å². The van der Waals surface area contributed by atoms with Gasteiger partial charge in [-0.3, -0.25) is 14.3 Å². The fourth-order valence-corrected chi connectivity index (χ4v) is 5.70. The molecule has 8 heteroatoms. The van der Waals surface area contributed by atoms with Crippen LogP contribution in [0.1, 0.15) is 35.4 Å². The summed E-state index contributed by atoms with van der Waals surface area (Å²) in [6.07, 6.45) is 5.52. The second-order valence-corrected chi connectivity index (χ2v) is 9.84. The highest BCUT2D eigenvalue weighted by Crippen LogP contribution is 2.45. The van der Waals surface area contributed by atoms with Gasteiger partial charge < -0.3 is 5.11 Å². The van der Waals surface area contributed by atoms with E-state index >= 15 is 0 Å². The number of rotatable bonds is 4. The number of fused-ring (bicyclic) bond motifs is 3. The summed E-state index contributed by atoms with van der Waals surface area (Å²) in [7, 11) is 0. The third kappa shape index (κ3) is 3.35. The number of phenolic OH excluding ortho intramolecular Hbond substituents is 1. The zero-order chi connectivity index (χ0) is 23.4. The van der Waals surface area contributed by atoms with Crippen molar-refractivity contribution < 1.29 is 5.11 Å². The zero-order valence-electron chi connectivity index (χ0n) is 17.8. The van der Waals surface area contributed by atoms with Gasteiger partial charge in [0.1, 0.15) is 10.7 Å². The highest BCUT2D eigenvalue weighted by molar-refractivity contribution is 7.25. The fourth-order valence-electron chi connectivity index (χ4n) is 4.38. The van der Waals surface area contributed by atoms with Gasteiger partial charge in [-0.2, -0.15) is 5.26 Å². The van der Waals surface area contributed by atoms with Crippen LogP contribution in [-0.2, 0) is 6.54 Å². The molecule has 1 saturated carbocycles. The predicted molar refractivity (Wildman–Crippen MR) is 134 cm³/mol. The third-order valence-electron chi connectivity index (χ3n) is 6.19. The molecule has 1 aliphatic rings. The topological polar surface area (TPSA) is 91.8 Å². The Hall–Kier alpha value is -3.73. The normalized spacial score (nSPS) is 13.4. The third-order valence-corrected chi connectivity index (χ3v) is 7.60. The van der Waals surface area contributed by atoms with Crippen molar-refractivity contribution >= 4 is 43.2 Å². The average molecular weight is 485 g/mol. The first-order valence-corrected chi connectivity index (χ1v) is 12.0. The van der Waals surface area contributed by atoms with Gasteiger partial charge in [0.25, 0.3) is 5.56 Å². The lowest BCUT2D eigenvalue weighted by Gasteiger charge is -2.16. The van der Waals surface area contributed by atoms with Gasteiger partial charge in [0.15, 0.2) is 5.75 Å². The number of nitrogens with zero attached hydrogens (tertiary/aromatic N) is 4. The molecule has 1 aliphatic carbocycles. The molecule has 0 saturated heterocycles. The number of hydrogen-bond acceptors (Lipinski definition) is 6. The summed E-state index contributed by atoms with van der Waals surface area (Å²) in [5.41, 5.74) is 3.16. The first-order valence-electron chi connectivity index (χ1n) is 10.8. The molecule has 5 aromatic rings. The second-order valence-electron chi connectivity index (χ2n) is 8.43. The molecule has 3 aromatic heterocycles. The highest BCUT2D eigenvalue weighted by atomic mass is 35.5. The lowest BCUT2D eigenvalue weighted by atomic mass is 9.99. The van der Waals surface area contributed by atoms with E-state index < -0.39 is 0 Å². The van der Waals surface area contributed by atoms with Gasteiger partial charge in [0, 0.05) is 23.3 Å². The standard InChI is InChI=1S/C26H17ClN4O2S/c27-20-8-7-18-21-25(34-23(18)22(20)32)30-24(31(26(21)33)13-15-2-1-9-29-12-15)17-6-3-14(11-28)10-19(17)16-4-5-16/h1-3,6-10,12,16,32H,4-5,13H2. The Morgan fingerprint density at radius 3 is 2.82 bits per heavy atom. The van der Waals surface area contributed by atoms with Gasteiger partial charge in [-0.15, -0.1) is 11.3 Å². The van der Waals surface area contributed by atoms with Crippen LogP contribution < -0.4 is 5.56 Å². The van der Waals surface area contributed by atoms with Gasteiger partial charge >= 0.3 is 0 Å². The molecule has 2 aromatic carbocycles. The molecule has 0 spiro atoms. The molecule has 0 aliphatic heterocycles. The molecule has 0 bridgehead atoms. The maximum absolute atomic E-state index is 14.0. The number of aromatic hydroxyl groups is 1. The largest absolute Gasteiger partial charge is 0.505 e. The number of benzene rings is 2. The maximum Gasteiger partial charge on any atom is 0.263 e. The number of hydrogen-bond donors (Lipinski definition) is 1. The Labute approximate surface area is 203 Å². The number of nitriles is 1. The first kappa shape index (κ1) is 20.8. The SMILES string of the molecule is N#Cc1ccc(-c2nc3sc4c(O)c(Cl)ccc4c3c(=O)n2Cc2cccnc2)c(C2CC2)c1. The van der Waals surface area contributed by atoms with E-state index in [0.717, 1.165) is 29.5 Å². The highest BCUT2D eigenvalue weighted by Gasteiger charge is 2.29. The quantitative estimate of drug-likeness (QED) is 0.346. The van der Waals surface area contributed by atoms with E-state index in [-0.39, 0.29) is 16.3 Å². The molecule has 1 fully saturated rings. The van der Waals surface area contributed by atoms with Crippen LogP contribution in [0.15, 0.2) is 59.7 Å². The van der Waals surface area contributed by atoms with Crippen LogP contribution in [0.5, 0.6) is 5.75 Å². The summed E-state index contributed by atoms with van der Waals surface area (Å²) >= 11 is 7.39. The Morgan fingerprint density at radius 1 is 1.24 bits per heavy atom. The molecule has 34 heavy (non-hydrogen) atoms. The van der Waals surface area contributed by atoms with Crippen LogP contribution >= 0.6 is 22.9 Å². The molecule has 3 heterocycles. The van der Waals surface area contributed by atoms with Crippen LogP contribution in [0.3, 0.4) is 0 Å². The van der Waals surface area contributed by atoms with Crippen molar-refractivity contribution in [3.05, 3.63) is 86.9 Å². The van der Waals surface area contributed by atoms with Crippen molar-refractivity contribution in [2.24, 2.45) is 0 Å². The minimum absolute atomic E-state index is 0.0426. The summed E-state index contributed by atoms with van der Waals surface area (Å²) in [4.78, 5) is 23.7. The van der Waals surface area contributed by atoms with E-state index in [4.69, 9.17) is 16.6 Å². The van der Waals surface area contributed by atoms with Crippen LogP contribution in [-0.4, -0.2) is 19.6 Å². The van der Waals surface area contributed by atoms with E-state index in [0.29, 0.717) is 44.2 Å². The lowest BCUT2D eigenvalue weighted by Crippen LogP contribution is -2.24. The summed E-state index contributed by atoms with van der Waals surface area (Å²) < 4.78 is 2.21. The monoisotopic (exact) mass is 484 g/mol. The van der Waals surface area contributed by atoms with E-state index in [2.05, 4.69) is 11.1 Å². The Bertz CT molecular complexity index is 1700. The molecule has 0 radical (unpaired) electrons. The lowest BCUT2D eigenvalue weighted by molar-refractivity contribution is 0.483. The summed E-state index contributed by atoms with van der Waals surface area (Å²) in [6, 6.07) is 14.9. The number of thiophene rings is 1. The summed E-state index contributed by atoms with van der Waals surface area (Å²) in [6.45, 7) is 0.298. The van der Waals surface area contributed by atoms with Crippen molar-refractivity contribution in [1.29, 1.82) is 5.26 Å². The molecular weight excluding hydrogens is 468 g/mol.